The summed E-state index contributed by atoms with van der Waals surface area (Å²) >= 11 is 0. The summed E-state index contributed by atoms with van der Waals surface area (Å²) in [6.45, 7) is 2.16. The molecule has 0 saturated carbocycles. The van der Waals surface area contributed by atoms with E-state index in [1.807, 2.05) is 30.3 Å². The number of hydrogen-bond acceptors (Lipinski definition) is 3. The molecule has 1 rings (SSSR count). The van der Waals surface area contributed by atoms with Crippen molar-refractivity contribution in [1.82, 2.24) is 0 Å². The largest absolute Gasteiger partial charge is 0.391 e. The molecule has 0 radical (unpaired) electrons. The van der Waals surface area contributed by atoms with Gasteiger partial charge in [-0.25, -0.2) is 0 Å². The van der Waals surface area contributed by atoms with Crippen molar-refractivity contribution in [2.45, 2.75) is 25.7 Å². The molecular weight excluding hydrogens is 180 g/mol. The molecule has 0 saturated heterocycles. The fourth-order valence-electron chi connectivity index (χ4n) is 1.01. The van der Waals surface area contributed by atoms with E-state index in [-0.39, 0.29) is 6.61 Å². The molecule has 1 aromatic carbocycles. The van der Waals surface area contributed by atoms with Crippen molar-refractivity contribution in [3.63, 3.8) is 0 Å². The minimum absolute atomic E-state index is 0.159. The molecule has 0 bridgehead atoms. The van der Waals surface area contributed by atoms with Crippen LogP contribution >= 0.6 is 0 Å². The van der Waals surface area contributed by atoms with Gasteiger partial charge in [0.15, 0.2) is 0 Å². The van der Waals surface area contributed by atoms with Gasteiger partial charge in [-0.3, -0.25) is 0 Å². The van der Waals surface area contributed by atoms with Gasteiger partial charge in [0.25, 0.3) is 0 Å². The average Bonchev–Trinajstić information content (AvgIpc) is 2.19. The smallest absolute Gasteiger partial charge is 0.103 e. The summed E-state index contributed by atoms with van der Waals surface area (Å²) < 4.78 is 5.23. The first-order valence-electron chi connectivity index (χ1n) is 4.68. The van der Waals surface area contributed by atoms with Crippen LogP contribution in [0.15, 0.2) is 30.3 Å². The number of aliphatic hydroxyl groups is 2. The zero-order valence-corrected chi connectivity index (χ0v) is 8.26. The van der Waals surface area contributed by atoms with Crippen molar-refractivity contribution in [2.75, 3.05) is 6.61 Å². The van der Waals surface area contributed by atoms with Crippen LogP contribution in [0.3, 0.4) is 0 Å². The zero-order valence-electron chi connectivity index (χ0n) is 8.26. The van der Waals surface area contributed by atoms with Gasteiger partial charge in [-0.1, -0.05) is 30.3 Å². The molecule has 1 aromatic rings. The second kappa shape index (κ2) is 5.75. The minimum Gasteiger partial charge on any atom is -0.391 e. The Morgan fingerprint density at radius 2 is 1.86 bits per heavy atom. The molecule has 0 amide bonds. The van der Waals surface area contributed by atoms with Crippen LogP contribution < -0.4 is 0 Å². The van der Waals surface area contributed by atoms with Gasteiger partial charge in [-0.05, 0) is 12.5 Å². The first kappa shape index (κ1) is 11.2. The van der Waals surface area contributed by atoms with Crippen molar-refractivity contribution in [2.24, 2.45) is 0 Å². The van der Waals surface area contributed by atoms with Crippen LogP contribution in [0.2, 0.25) is 0 Å². The van der Waals surface area contributed by atoms with E-state index in [1.54, 1.807) is 0 Å². The van der Waals surface area contributed by atoms with E-state index < -0.39 is 12.2 Å². The van der Waals surface area contributed by atoms with Crippen LogP contribution in [-0.2, 0) is 11.3 Å². The van der Waals surface area contributed by atoms with Crippen molar-refractivity contribution in [3.8, 4) is 0 Å². The second-order valence-electron chi connectivity index (χ2n) is 3.31. The molecule has 2 N–H and O–H groups in total. The SMILES string of the molecule is CC(O)C(O)COCc1ccccc1. The van der Waals surface area contributed by atoms with E-state index in [4.69, 9.17) is 9.84 Å². The Morgan fingerprint density at radius 3 is 2.43 bits per heavy atom. The Labute approximate surface area is 84.0 Å². The molecule has 2 atom stereocenters. The molecule has 78 valence electrons. The quantitative estimate of drug-likeness (QED) is 0.737. The second-order valence-corrected chi connectivity index (χ2v) is 3.31. The lowest BCUT2D eigenvalue weighted by atomic mass is 10.2. The summed E-state index contributed by atoms with van der Waals surface area (Å²) in [6, 6.07) is 9.71. The summed E-state index contributed by atoms with van der Waals surface area (Å²) in [5.41, 5.74) is 1.06. The maximum Gasteiger partial charge on any atom is 0.103 e. The topological polar surface area (TPSA) is 49.7 Å². The lowest BCUT2D eigenvalue weighted by Crippen LogP contribution is -2.27. The third-order valence-electron chi connectivity index (χ3n) is 1.96. The Bertz CT molecular complexity index is 246. The highest BCUT2D eigenvalue weighted by atomic mass is 16.5. The maximum absolute atomic E-state index is 9.23. The molecule has 3 nitrogen and oxygen atoms in total. The van der Waals surface area contributed by atoms with Crippen molar-refractivity contribution in [1.29, 1.82) is 0 Å². The van der Waals surface area contributed by atoms with Gasteiger partial charge >= 0.3 is 0 Å². The van der Waals surface area contributed by atoms with E-state index in [1.165, 1.54) is 6.92 Å². The predicted molar refractivity (Wildman–Crippen MR) is 53.8 cm³/mol. The van der Waals surface area contributed by atoms with E-state index in [0.717, 1.165) is 5.56 Å². The number of hydrogen-bond donors (Lipinski definition) is 2. The lowest BCUT2D eigenvalue weighted by molar-refractivity contribution is -0.0349. The Morgan fingerprint density at radius 1 is 1.21 bits per heavy atom. The van der Waals surface area contributed by atoms with Crippen LogP contribution in [0.25, 0.3) is 0 Å². The Balaban J connectivity index is 2.22. The van der Waals surface area contributed by atoms with Gasteiger partial charge in [-0.2, -0.15) is 0 Å². The number of aliphatic hydroxyl groups excluding tert-OH is 2. The lowest BCUT2D eigenvalue weighted by Gasteiger charge is -2.13. The molecule has 0 spiro atoms. The molecule has 0 heterocycles. The Kier molecular flexibility index (Phi) is 4.59. The molecule has 0 aromatic heterocycles. The molecule has 0 aliphatic heterocycles. The minimum atomic E-state index is -0.807. The Hall–Kier alpha value is -0.900. The fourth-order valence-corrected chi connectivity index (χ4v) is 1.01. The average molecular weight is 196 g/mol. The summed E-state index contributed by atoms with van der Waals surface area (Å²) in [6.07, 6.45) is -1.55. The highest BCUT2D eigenvalue weighted by Gasteiger charge is 2.10. The molecule has 0 aliphatic rings. The predicted octanol–water partition coefficient (Wildman–Crippen LogP) is 0.945. The highest BCUT2D eigenvalue weighted by molar-refractivity contribution is 5.13. The number of ether oxygens (including phenoxy) is 1. The number of benzene rings is 1. The van der Waals surface area contributed by atoms with Gasteiger partial charge in [0, 0.05) is 0 Å². The van der Waals surface area contributed by atoms with Crippen molar-refractivity contribution < 1.29 is 14.9 Å². The maximum atomic E-state index is 9.23. The molecular formula is C11H16O3. The summed E-state index contributed by atoms with van der Waals surface area (Å²) in [4.78, 5) is 0. The van der Waals surface area contributed by atoms with E-state index in [9.17, 15) is 5.11 Å². The summed E-state index contributed by atoms with van der Waals surface area (Å²) in [5.74, 6) is 0. The third-order valence-corrected chi connectivity index (χ3v) is 1.96. The van der Waals surface area contributed by atoms with Crippen molar-refractivity contribution in [3.05, 3.63) is 35.9 Å². The summed E-state index contributed by atoms with van der Waals surface area (Å²) in [5, 5.41) is 18.2. The zero-order chi connectivity index (χ0) is 10.4. The van der Waals surface area contributed by atoms with Gasteiger partial charge in [0.05, 0.1) is 19.3 Å². The normalized spacial score (nSPS) is 15.1. The highest BCUT2D eigenvalue weighted by Crippen LogP contribution is 2.01. The molecule has 3 heteroatoms. The molecule has 2 unspecified atom stereocenters. The van der Waals surface area contributed by atoms with Crippen LogP contribution in [0, 0.1) is 0 Å². The van der Waals surface area contributed by atoms with Crippen LogP contribution in [0.1, 0.15) is 12.5 Å². The fraction of sp³-hybridized carbons (Fsp3) is 0.455. The monoisotopic (exact) mass is 196 g/mol. The third kappa shape index (κ3) is 3.87. The van der Waals surface area contributed by atoms with Crippen LogP contribution in [0.4, 0.5) is 0 Å². The van der Waals surface area contributed by atoms with Crippen molar-refractivity contribution >= 4 is 0 Å². The summed E-state index contributed by atoms with van der Waals surface area (Å²) in [7, 11) is 0. The van der Waals surface area contributed by atoms with Gasteiger partial charge in [0.2, 0.25) is 0 Å². The molecule has 0 aliphatic carbocycles. The van der Waals surface area contributed by atoms with E-state index in [2.05, 4.69) is 0 Å². The number of rotatable bonds is 5. The first-order valence-corrected chi connectivity index (χ1v) is 4.68. The van der Waals surface area contributed by atoms with E-state index in [0.29, 0.717) is 6.61 Å². The first-order chi connectivity index (χ1) is 6.70. The van der Waals surface area contributed by atoms with E-state index >= 15 is 0 Å². The van der Waals surface area contributed by atoms with Gasteiger partial charge in [-0.15, -0.1) is 0 Å². The van der Waals surface area contributed by atoms with Gasteiger partial charge in [0.1, 0.15) is 6.10 Å². The van der Waals surface area contributed by atoms with Crippen LogP contribution in [0.5, 0.6) is 0 Å². The molecule has 0 fully saturated rings. The molecule has 14 heavy (non-hydrogen) atoms. The standard InChI is InChI=1S/C11H16O3/c1-9(12)11(13)8-14-7-10-5-3-2-4-6-10/h2-6,9,11-13H,7-8H2,1H3. The van der Waals surface area contributed by atoms with Crippen LogP contribution in [-0.4, -0.2) is 29.0 Å². The van der Waals surface area contributed by atoms with Gasteiger partial charge < -0.3 is 14.9 Å².